The number of ketones is 1. The molecule has 8 heteroatoms. The molecule has 1 aliphatic carbocycles. The van der Waals surface area contributed by atoms with E-state index in [0.29, 0.717) is 11.6 Å². The molecule has 1 N–H and O–H groups in total. The zero-order valence-electron chi connectivity index (χ0n) is 17.9. The molecule has 0 atom stereocenters. The zero-order chi connectivity index (χ0) is 22.9. The summed E-state index contributed by atoms with van der Waals surface area (Å²) in [6.07, 6.45) is 2.23. The second kappa shape index (κ2) is 8.63. The molecular weight excluding hydrogens is 428 g/mol. The highest BCUT2D eigenvalue weighted by atomic mass is 32.2. The lowest BCUT2D eigenvalue weighted by molar-refractivity contribution is 0.0474. The summed E-state index contributed by atoms with van der Waals surface area (Å²) in [6, 6.07) is 16.2. The maximum Gasteiger partial charge on any atom is 0.338 e. The van der Waals surface area contributed by atoms with Crippen molar-refractivity contribution < 1.29 is 22.7 Å². The van der Waals surface area contributed by atoms with Gasteiger partial charge in [0.1, 0.15) is 0 Å². The van der Waals surface area contributed by atoms with Crippen LogP contribution in [0.1, 0.15) is 51.0 Å². The molecule has 0 radical (unpaired) electrons. The summed E-state index contributed by atoms with van der Waals surface area (Å²) in [5.41, 5.74) is 2.85. The van der Waals surface area contributed by atoms with Gasteiger partial charge in [0, 0.05) is 28.7 Å². The minimum atomic E-state index is -3.78. The van der Waals surface area contributed by atoms with Crippen molar-refractivity contribution >= 4 is 27.5 Å². The van der Waals surface area contributed by atoms with E-state index in [-0.39, 0.29) is 28.5 Å². The number of aromatic nitrogens is 1. The van der Waals surface area contributed by atoms with Gasteiger partial charge in [-0.1, -0.05) is 24.3 Å². The van der Waals surface area contributed by atoms with Crippen LogP contribution in [0.5, 0.6) is 0 Å². The van der Waals surface area contributed by atoms with Crippen LogP contribution < -0.4 is 4.72 Å². The number of esters is 1. The summed E-state index contributed by atoms with van der Waals surface area (Å²) in [5, 5.41) is 0. The fourth-order valence-electron chi connectivity index (χ4n) is 3.77. The van der Waals surface area contributed by atoms with Gasteiger partial charge < -0.3 is 9.30 Å². The molecule has 0 unspecified atom stereocenters. The number of benzene rings is 2. The summed E-state index contributed by atoms with van der Waals surface area (Å²) in [6.45, 7) is 3.49. The Balaban J connectivity index is 1.42. The third-order valence-electron chi connectivity index (χ3n) is 5.44. The predicted molar refractivity (Wildman–Crippen MR) is 120 cm³/mol. The Morgan fingerprint density at radius 2 is 1.75 bits per heavy atom. The Labute approximate surface area is 187 Å². The van der Waals surface area contributed by atoms with Crippen LogP contribution in [0.25, 0.3) is 0 Å². The van der Waals surface area contributed by atoms with Crippen molar-refractivity contribution in [2.75, 3.05) is 11.3 Å². The van der Waals surface area contributed by atoms with E-state index >= 15 is 0 Å². The second-order valence-electron chi connectivity index (χ2n) is 7.88. The van der Waals surface area contributed by atoms with Gasteiger partial charge in [0.05, 0.1) is 10.5 Å². The largest absolute Gasteiger partial charge is 0.454 e. The third-order valence-corrected chi connectivity index (χ3v) is 6.83. The molecular formula is C24H24N2O5S. The van der Waals surface area contributed by atoms with Crippen LogP contribution in [0.15, 0.2) is 65.6 Å². The van der Waals surface area contributed by atoms with Gasteiger partial charge in [0.25, 0.3) is 10.0 Å². The van der Waals surface area contributed by atoms with E-state index in [1.807, 2.05) is 19.9 Å². The van der Waals surface area contributed by atoms with Crippen molar-refractivity contribution in [3.8, 4) is 0 Å². The van der Waals surface area contributed by atoms with Crippen LogP contribution in [-0.4, -0.2) is 31.3 Å². The average Bonchev–Trinajstić information content (AvgIpc) is 3.56. The van der Waals surface area contributed by atoms with Gasteiger partial charge in [-0.3, -0.25) is 9.52 Å². The molecule has 0 saturated heterocycles. The number of hydrogen-bond acceptors (Lipinski definition) is 5. The number of anilines is 1. The normalized spacial score (nSPS) is 13.6. The van der Waals surface area contributed by atoms with Gasteiger partial charge in [-0.25, -0.2) is 13.2 Å². The quantitative estimate of drug-likeness (QED) is 0.407. The molecule has 166 valence electrons. The number of carbonyl (C=O) groups excluding carboxylic acids is 2. The molecule has 1 aliphatic rings. The molecule has 0 aliphatic heterocycles. The third kappa shape index (κ3) is 4.60. The highest BCUT2D eigenvalue weighted by Crippen LogP contribution is 2.38. The van der Waals surface area contributed by atoms with E-state index < -0.39 is 16.0 Å². The summed E-state index contributed by atoms with van der Waals surface area (Å²) in [5.74, 6) is -0.964. The lowest BCUT2D eigenvalue weighted by atomic mass is 10.1. The van der Waals surface area contributed by atoms with Crippen molar-refractivity contribution in [2.45, 2.75) is 37.6 Å². The van der Waals surface area contributed by atoms with Gasteiger partial charge in [-0.05, 0) is 63.1 Å². The molecule has 4 rings (SSSR count). The molecule has 3 aromatic rings. The summed E-state index contributed by atoms with van der Waals surface area (Å²) in [4.78, 5) is 25.2. The number of rotatable bonds is 8. The first kappa shape index (κ1) is 21.8. The molecule has 1 fully saturated rings. The Kier molecular flexibility index (Phi) is 5.88. The van der Waals surface area contributed by atoms with Crippen LogP contribution in [0.4, 0.5) is 5.69 Å². The van der Waals surface area contributed by atoms with Crippen LogP contribution in [0, 0.1) is 13.8 Å². The van der Waals surface area contributed by atoms with Gasteiger partial charge in [-0.2, -0.15) is 0 Å². The number of nitrogens with one attached hydrogen (secondary N) is 1. The summed E-state index contributed by atoms with van der Waals surface area (Å²) < 4.78 is 34.8. The van der Waals surface area contributed by atoms with E-state index in [1.165, 1.54) is 30.3 Å². The van der Waals surface area contributed by atoms with E-state index in [9.17, 15) is 18.0 Å². The van der Waals surface area contributed by atoms with Crippen molar-refractivity contribution in [1.29, 1.82) is 0 Å². The highest BCUT2D eigenvalue weighted by molar-refractivity contribution is 7.92. The summed E-state index contributed by atoms with van der Waals surface area (Å²) >= 11 is 0. The Morgan fingerprint density at radius 1 is 1.03 bits per heavy atom. The van der Waals surface area contributed by atoms with Crippen molar-refractivity contribution in [1.82, 2.24) is 4.57 Å². The van der Waals surface area contributed by atoms with Gasteiger partial charge >= 0.3 is 5.97 Å². The van der Waals surface area contributed by atoms with Crippen LogP contribution in [-0.2, 0) is 14.8 Å². The van der Waals surface area contributed by atoms with Gasteiger partial charge in [-0.15, -0.1) is 0 Å². The van der Waals surface area contributed by atoms with Gasteiger partial charge in [0.2, 0.25) is 5.78 Å². The fraction of sp³-hybridized carbons (Fsp3) is 0.250. The number of nitrogens with zero attached hydrogens (tertiary/aromatic N) is 1. The van der Waals surface area contributed by atoms with E-state index in [0.717, 1.165) is 24.2 Å². The molecule has 0 bridgehead atoms. The monoisotopic (exact) mass is 452 g/mol. The minimum Gasteiger partial charge on any atom is -0.454 e. The first-order valence-corrected chi connectivity index (χ1v) is 11.8. The molecule has 1 saturated carbocycles. The molecule has 0 amide bonds. The van der Waals surface area contributed by atoms with Crippen LogP contribution in [0.3, 0.4) is 0 Å². The lowest BCUT2D eigenvalue weighted by Gasteiger charge is -2.10. The lowest BCUT2D eigenvalue weighted by Crippen LogP contribution is -2.16. The molecule has 32 heavy (non-hydrogen) atoms. The highest BCUT2D eigenvalue weighted by Gasteiger charge is 2.28. The van der Waals surface area contributed by atoms with E-state index in [4.69, 9.17) is 4.74 Å². The first-order valence-electron chi connectivity index (χ1n) is 10.3. The first-order chi connectivity index (χ1) is 15.3. The second-order valence-corrected chi connectivity index (χ2v) is 9.57. The van der Waals surface area contributed by atoms with E-state index in [2.05, 4.69) is 9.29 Å². The number of aryl methyl sites for hydroxylation is 1. The fourth-order valence-corrected chi connectivity index (χ4v) is 4.84. The zero-order valence-corrected chi connectivity index (χ0v) is 18.7. The smallest absolute Gasteiger partial charge is 0.338 e. The number of carbonyl (C=O) groups is 2. The Morgan fingerprint density at radius 3 is 2.44 bits per heavy atom. The maximum atomic E-state index is 12.6. The Bertz CT molecular complexity index is 1270. The van der Waals surface area contributed by atoms with Gasteiger partial charge in [0.15, 0.2) is 6.61 Å². The molecule has 7 nitrogen and oxygen atoms in total. The van der Waals surface area contributed by atoms with E-state index in [1.54, 1.807) is 24.3 Å². The molecule has 1 aromatic heterocycles. The number of hydrogen-bond donors (Lipinski definition) is 1. The average molecular weight is 453 g/mol. The summed E-state index contributed by atoms with van der Waals surface area (Å²) in [7, 11) is -3.78. The molecule has 2 aromatic carbocycles. The Hall–Kier alpha value is -3.39. The topological polar surface area (TPSA) is 94.5 Å². The van der Waals surface area contributed by atoms with Crippen molar-refractivity contribution in [3.05, 3.63) is 83.2 Å². The number of Topliss-reactive ketones (excluding diaryl/α,β-unsaturated/α-hetero) is 1. The van der Waals surface area contributed by atoms with Crippen LogP contribution >= 0.6 is 0 Å². The predicted octanol–water partition coefficient (Wildman–Crippen LogP) is 4.28. The standard InChI is InChI=1S/C24H24N2O5S/c1-16-13-22(17(2)26(16)20-11-12-20)23(27)15-31-24(28)18-7-6-8-19(14-18)25-32(29,30)21-9-4-3-5-10-21/h3-10,13-14,20,25H,11-12,15H2,1-2H3. The van der Waals surface area contributed by atoms with Crippen molar-refractivity contribution in [3.63, 3.8) is 0 Å². The van der Waals surface area contributed by atoms with Crippen molar-refractivity contribution in [2.24, 2.45) is 0 Å². The number of sulfonamides is 1. The maximum absolute atomic E-state index is 12.6. The molecule has 0 spiro atoms. The molecule has 1 heterocycles. The number of ether oxygens (including phenoxy) is 1. The minimum absolute atomic E-state index is 0.113. The SMILES string of the molecule is Cc1cc(C(=O)COC(=O)c2cccc(NS(=O)(=O)c3ccccc3)c2)c(C)n1C1CC1. The van der Waals surface area contributed by atoms with Crippen LogP contribution in [0.2, 0.25) is 0 Å².